The van der Waals surface area contributed by atoms with E-state index in [-0.39, 0.29) is 5.78 Å². The van der Waals surface area contributed by atoms with Crippen molar-refractivity contribution < 1.29 is 9.53 Å². The van der Waals surface area contributed by atoms with E-state index in [1.807, 2.05) is 25.1 Å². The van der Waals surface area contributed by atoms with Gasteiger partial charge in [-0.1, -0.05) is 26.0 Å². The van der Waals surface area contributed by atoms with Crippen LogP contribution in [-0.2, 0) is 0 Å². The average Bonchev–Trinajstić information content (AvgIpc) is 2.15. The first-order chi connectivity index (χ1) is 7.02. The average molecular weight is 206 g/mol. The number of ether oxygens (including phenoxy) is 1. The van der Waals surface area contributed by atoms with Gasteiger partial charge in [0, 0.05) is 0 Å². The van der Waals surface area contributed by atoms with Crippen LogP contribution in [0.3, 0.4) is 0 Å². The van der Waals surface area contributed by atoms with E-state index >= 15 is 0 Å². The molecular formula is C13H18O2. The molecule has 0 atom stereocenters. The van der Waals surface area contributed by atoms with Crippen LogP contribution >= 0.6 is 0 Å². The lowest BCUT2D eigenvalue weighted by Gasteiger charge is -2.13. The van der Waals surface area contributed by atoms with Crippen LogP contribution in [0.1, 0.15) is 36.7 Å². The van der Waals surface area contributed by atoms with Crippen LogP contribution in [0.25, 0.3) is 0 Å². The number of rotatable bonds is 4. The second kappa shape index (κ2) is 4.96. The van der Waals surface area contributed by atoms with Crippen molar-refractivity contribution in [3.8, 4) is 5.75 Å². The Morgan fingerprint density at radius 3 is 2.60 bits per heavy atom. The largest absolute Gasteiger partial charge is 0.492 e. The summed E-state index contributed by atoms with van der Waals surface area (Å²) in [6.07, 6.45) is 0. The van der Waals surface area contributed by atoms with Crippen molar-refractivity contribution in [1.82, 2.24) is 0 Å². The molecule has 0 aliphatic rings. The Labute approximate surface area is 91.3 Å². The molecule has 2 nitrogen and oxygen atoms in total. The summed E-state index contributed by atoms with van der Waals surface area (Å²) < 4.78 is 5.67. The zero-order chi connectivity index (χ0) is 11.4. The molecular weight excluding hydrogens is 188 g/mol. The van der Waals surface area contributed by atoms with Crippen LogP contribution in [0, 0.1) is 12.8 Å². The van der Waals surface area contributed by atoms with Gasteiger partial charge in [-0.3, -0.25) is 4.79 Å². The molecule has 15 heavy (non-hydrogen) atoms. The molecule has 82 valence electrons. The molecule has 0 saturated carbocycles. The SMILES string of the molecule is CC(=O)c1cccc(C)c1OCC(C)C. The molecule has 1 aromatic rings. The fourth-order valence-electron chi connectivity index (χ4n) is 1.37. The summed E-state index contributed by atoms with van der Waals surface area (Å²) in [5.74, 6) is 1.25. The lowest BCUT2D eigenvalue weighted by Crippen LogP contribution is -2.08. The summed E-state index contributed by atoms with van der Waals surface area (Å²) in [4.78, 5) is 11.4. The number of aryl methyl sites for hydroxylation is 1. The number of Topliss-reactive ketones (excluding diaryl/α,β-unsaturated/α-hetero) is 1. The van der Waals surface area contributed by atoms with Gasteiger partial charge in [0.15, 0.2) is 5.78 Å². The van der Waals surface area contributed by atoms with Crippen molar-refractivity contribution in [2.24, 2.45) is 5.92 Å². The third-order valence-corrected chi connectivity index (χ3v) is 2.15. The lowest BCUT2D eigenvalue weighted by atomic mass is 10.1. The zero-order valence-corrected chi connectivity index (χ0v) is 9.83. The number of carbonyl (C=O) groups excluding carboxylic acids is 1. The first-order valence-corrected chi connectivity index (χ1v) is 5.25. The van der Waals surface area contributed by atoms with Gasteiger partial charge in [-0.25, -0.2) is 0 Å². The number of hydrogen-bond donors (Lipinski definition) is 0. The number of benzene rings is 1. The van der Waals surface area contributed by atoms with E-state index in [0.29, 0.717) is 18.1 Å². The van der Waals surface area contributed by atoms with Gasteiger partial charge in [0.25, 0.3) is 0 Å². The molecule has 0 spiro atoms. The van der Waals surface area contributed by atoms with Crippen LogP contribution in [0.4, 0.5) is 0 Å². The van der Waals surface area contributed by atoms with Crippen molar-refractivity contribution in [2.45, 2.75) is 27.7 Å². The third kappa shape index (κ3) is 3.08. The Kier molecular flexibility index (Phi) is 3.89. The maximum atomic E-state index is 11.4. The molecule has 0 aliphatic heterocycles. The first-order valence-electron chi connectivity index (χ1n) is 5.25. The normalized spacial score (nSPS) is 10.5. The van der Waals surface area contributed by atoms with Crippen molar-refractivity contribution in [3.63, 3.8) is 0 Å². The maximum Gasteiger partial charge on any atom is 0.163 e. The molecule has 0 aliphatic carbocycles. The van der Waals surface area contributed by atoms with Gasteiger partial charge < -0.3 is 4.74 Å². The van der Waals surface area contributed by atoms with Crippen LogP contribution in [0.2, 0.25) is 0 Å². The van der Waals surface area contributed by atoms with Crippen LogP contribution in [-0.4, -0.2) is 12.4 Å². The monoisotopic (exact) mass is 206 g/mol. The van der Waals surface area contributed by atoms with Crippen molar-refractivity contribution in [3.05, 3.63) is 29.3 Å². The second-order valence-electron chi connectivity index (χ2n) is 4.21. The molecule has 1 aromatic carbocycles. The van der Waals surface area contributed by atoms with E-state index in [1.54, 1.807) is 6.92 Å². The highest BCUT2D eigenvalue weighted by atomic mass is 16.5. The maximum absolute atomic E-state index is 11.4. The van der Waals surface area contributed by atoms with Crippen LogP contribution in [0.15, 0.2) is 18.2 Å². The smallest absolute Gasteiger partial charge is 0.163 e. The van der Waals surface area contributed by atoms with E-state index in [1.165, 1.54) is 0 Å². The number of carbonyl (C=O) groups is 1. The molecule has 0 saturated heterocycles. The summed E-state index contributed by atoms with van der Waals surface area (Å²) in [6, 6.07) is 5.65. The van der Waals surface area contributed by atoms with Crippen molar-refractivity contribution in [1.29, 1.82) is 0 Å². The Morgan fingerprint density at radius 2 is 2.07 bits per heavy atom. The van der Waals surface area contributed by atoms with Crippen molar-refractivity contribution in [2.75, 3.05) is 6.61 Å². The highest BCUT2D eigenvalue weighted by Crippen LogP contribution is 2.24. The summed E-state index contributed by atoms with van der Waals surface area (Å²) in [7, 11) is 0. The predicted octanol–water partition coefficient (Wildman–Crippen LogP) is 3.23. The highest BCUT2D eigenvalue weighted by molar-refractivity contribution is 5.97. The summed E-state index contributed by atoms with van der Waals surface area (Å²) in [5.41, 5.74) is 1.69. The van der Waals surface area contributed by atoms with Gasteiger partial charge >= 0.3 is 0 Å². The number of ketones is 1. The van der Waals surface area contributed by atoms with E-state index in [0.717, 1.165) is 11.3 Å². The summed E-state index contributed by atoms with van der Waals surface area (Å²) in [6.45, 7) is 8.35. The topological polar surface area (TPSA) is 26.3 Å². The molecule has 0 unspecified atom stereocenters. The first kappa shape index (κ1) is 11.8. The predicted molar refractivity (Wildman–Crippen MR) is 61.5 cm³/mol. The van der Waals surface area contributed by atoms with Gasteiger partial charge in [-0.05, 0) is 31.4 Å². The van der Waals surface area contributed by atoms with E-state index in [9.17, 15) is 4.79 Å². The standard InChI is InChI=1S/C13H18O2/c1-9(2)8-15-13-10(3)6-5-7-12(13)11(4)14/h5-7,9H,8H2,1-4H3. The highest BCUT2D eigenvalue weighted by Gasteiger charge is 2.10. The van der Waals surface area contributed by atoms with E-state index in [4.69, 9.17) is 4.74 Å². The van der Waals surface area contributed by atoms with Gasteiger partial charge in [-0.15, -0.1) is 0 Å². The van der Waals surface area contributed by atoms with Crippen LogP contribution < -0.4 is 4.74 Å². The fraction of sp³-hybridized carbons (Fsp3) is 0.462. The Morgan fingerprint density at radius 1 is 1.40 bits per heavy atom. The second-order valence-corrected chi connectivity index (χ2v) is 4.21. The Hall–Kier alpha value is -1.31. The molecule has 0 amide bonds. The molecule has 0 radical (unpaired) electrons. The zero-order valence-electron chi connectivity index (χ0n) is 9.83. The molecule has 0 heterocycles. The van der Waals surface area contributed by atoms with Gasteiger partial charge in [0.2, 0.25) is 0 Å². The van der Waals surface area contributed by atoms with E-state index < -0.39 is 0 Å². The van der Waals surface area contributed by atoms with E-state index in [2.05, 4.69) is 13.8 Å². The minimum Gasteiger partial charge on any atom is -0.492 e. The fourth-order valence-corrected chi connectivity index (χ4v) is 1.37. The van der Waals surface area contributed by atoms with Gasteiger partial charge in [0.1, 0.15) is 5.75 Å². The molecule has 0 bridgehead atoms. The molecule has 0 fully saturated rings. The third-order valence-electron chi connectivity index (χ3n) is 2.15. The number of hydrogen-bond acceptors (Lipinski definition) is 2. The minimum absolute atomic E-state index is 0.0532. The molecule has 0 N–H and O–H groups in total. The summed E-state index contributed by atoms with van der Waals surface area (Å²) >= 11 is 0. The summed E-state index contributed by atoms with van der Waals surface area (Å²) in [5, 5.41) is 0. The lowest BCUT2D eigenvalue weighted by molar-refractivity contribution is 0.101. The Bertz CT molecular complexity index is 354. The minimum atomic E-state index is 0.0532. The molecule has 2 heteroatoms. The quantitative estimate of drug-likeness (QED) is 0.707. The van der Waals surface area contributed by atoms with Crippen molar-refractivity contribution >= 4 is 5.78 Å². The number of para-hydroxylation sites is 1. The van der Waals surface area contributed by atoms with Gasteiger partial charge in [-0.2, -0.15) is 0 Å². The van der Waals surface area contributed by atoms with Crippen LogP contribution in [0.5, 0.6) is 5.75 Å². The Balaban J connectivity index is 2.97. The van der Waals surface area contributed by atoms with Gasteiger partial charge in [0.05, 0.1) is 12.2 Å². The molecule has 0 aromatic heterocycles. The molecule has 1 rings (SSSR count).